The van der Waals surface area contributed by atoms with Crippen LogP contribution in [0.3, 0.4) is 0 Å². The molecular formula is C18H26F2O3. The van der Waals surface area contributed by atoms with E-state index in [9.17, 15) is 18.7 Å². The van der Waals surface area contributed by atoms with Crippen LogP contribution in [0.5, 0.6) is 0 Å². The maximum absolute atomic E-state index is 12.7. The lowest BCUT2D eigenvalue weighted by atomic mass is 9.65. The summed E-state index contributed by atoms with van der Waals surface area (Å²) in [7, 11) is 0. The largest absolute Gasteiger partial charge is 0.494 e. The average Bonchev–Trinajstić information content (AvgIpc) is 2.53. The molecule has 1 saturated carbocycles. The van der Waals surface area contributed by atoms with Gasteiger partial charge in [0.25, 0.3) is 0 Å². The first-order valence-corrected chi connectivity index (χ1v) is 8.49. The molecule has 0 heterocycles. The molecule has 0 aliphatic heterocycles. The van der Waals surface area contributed by atoms with Crippen LogP contribution >= 0.6 is 0 Å². The third kappa shape index (κ3) is 4.55. The third-order valence-corrected chi connectivity index (χ3v) is 5.16. The highest BCUT2D eigenvalue weighted by Gasteiger charge is 2.44. The standard InChI is InChI=1S/C18H26F2O3/c1-2-11-23-15-5-3-13(4-6-15)14-7-9-18(10-8-14,17(21)22)12-16(19)20/h3,5-6,13-14,16H,2,4,7-12H2,1H3,(H,21,22)/t13?,14-,18-. The number of carboxylic acids is 1. The number of ether oxygens (including phenoxy) is 1. The van der Waals surface area contributed by atoms with Gasteiger partial charge >= 0.3 is 5.97 Å². The van der Waals surface area contributed by atoms with Gasteiger partial charge in [0, 0.05) is 6.42 Å². The van der Waals surface area contributed by atoms with Crippen LogP contribution in [0, 0.1) is 17.3 Å². The first-order valence-electron chi connectivity index (χ1n) is 8.49. The molecule has 1 atom stereocenters. The van der Waals surface area contributed by atoms with Gasteiger partial charge in [-0.25, -0.2) is 8.78 Å². The number of allylic oxidation sites excluding steroid dienone is 3. The molecule has 0 aromatic carbocycles. The average molecular weight is 328 g/mol. The fraction of sp³-hybridized carbons (Fsp3) is 0.722. The van der Waals surface area contributed by atoms with Crippen molar-refractivity contribution in [3.63, 3.8) is 0 Å². The summed E-state index contributed by atoms with van der Waals surface area (Å²) >= 11 is 0. The number of halogens is 2. The predicted molar refractivity (Wildman–Crippen MR) is 84.2 cm³/mol. The van der Waals surface area contributed by atoms with Gasteiger partial charge in [0.05, 0.1) is 12.0 Å². The number of hydrogen-bond acceptors (Lipinski definition) is 2. The van der Waals surface area contributed by atoms with E-state index < -0.39 is 24.2 Å². The molecule has 130 valence electrons. The number of alkyl halides is 2. The first kappa shape index (κ1) is 18.0. The second-order valence-corrected chi connectivity index (χ2v) is 6.73. The molecule has 3 nitrogen and oxygen atoms in total. The van der Waals surface area contributed by atoms with Gasteiger partial charge < -0.3 is 9.84 Å². The van der Waals surface area contributed by atoms with Crippen molar-refractivity contribution in [3.8, 4) is 0 Å². The van der Waals surface area contributed by atoms with Crippen LogP contribution in [0.1, 0.15) is 51.9 Å². The summed E-state index contributed by atoms with van der Waals surface area (Å²) < 4.78 is 31.0. The van der Waals surface area contributed by atoms with E-state index in [1.54, 1.807) is 0 Å². The van der Waals surface area contributed by atoms with Gasteiger partial charge in [-0.2, -0.15) is 0 Å². The molecule has 2 rings (SSSR count). The van der Waals surface area contributed by atoms with E-state index in [-0.39, 0.29) is 0 Å². The second kappa shape index (κ2) is 7.93. The third-order valence-electron chi connectivity index (χ3n) is 5.16. The summed E-state index contributed by atoms with van der Waals surface area (Å²) in [5.41, 5.74) is -1.23. The lowest BCUT2D eigenvalue weighted by Crippen LogP contribution is -2.38. The molecule has 0 radical (unpaired) electrons. The zero-order valence-electron chi connectivity index (χ0n) is 13.6. The fourth-order valence-corrected chi connectivity index (χ4v) is 3.72. The highest BCUT2D eigenvalue weighted by Crippen LogP contribution is 2.46. The number of hydrogen-bond donors (Lipinski definition) is 1. The van der Waals surface area contributed by atoms with Crippen molar-refractivity contribution in [1.82, 2.24) is 0 Å². The number of carboxylic acid groups (broad SMARTS) is 1. The second-order valence-electron chi connectivity index (χ2n) is 6.73. The summed E-state index contributed by atoms with van der Waals surface area (Å²) in [6.07, 6.45) is 7.09. The minimum absolute atomic E-state index is 0.352. The predicted octanol–water partition coefficient (Wildman–Crippen LogP) is 4.79. The van der Waals surface area contributed by atoms with Crippen LogP contribution in [0.25, 0.3) is 0 Å². The first-order chi connectivity index (χ1) is 11.0. The normalized spacial score (nSPS) is 31.0. The van der Waals surface area contributed by atoms with Crippen molar-refractivity contribution in [2.24, 2.45) is 17.3 Å². The molecule has 0 aromatic rings. The van der Waals surface area contributed by atoms with E-state index in [1.807, 2.05) is 6.08 Å². The lowest BCUT2D eigenvalue weighted by Gasteiger charge is -2.39. The SMILES string of the molecule is CCCOC1=CCC([C@H]2CC[C@](CC(F)F)(C(=O)O)CC2)C=C1. The summed E-state index contributed by atoms with van der Waals surface area (Å²) in [5.74, 6) is 0.574. The van der Waals surface area contributed by atoms with Gasteiger partial charge in [0.2, 0.25) is 6.43 Å². The summed E-state index contributed by atoms with van der Waals surface area (Å²) in [5, 5.41) is 9.38. The smallest absolute Gasteiger partial charge is 0.309 e. The molecule has 0 aromatic heterocycles. The van der Waals surface area contributed by atoms with Crippen molar-refractivity contribution >= 4 is 5.97 Å². The van der Waals surface area contributed by atoms with Crippen LogP contribution in [0.2, 0.25) is 0 Å². The highest BCUT2D eigenvalue weighted by atomic mass is 19.3. The van der Waals surface area contributed by atoms with Crippen LogP contribution in [0.4, 0.5) is 8.78 Å². The quantitative estimate of drug-likeness (QED) is 0.731. The van der Waals surface area contributed by atoms with Crippen molar-refractivity contribution in [1.29, 1.82) is 0 Å². The molecule has 0 saturated heterocycles. The Morgan fingerprint density at radius 3 is 2.61 bits per heavy atom. The lowest BCUT2D eigenvalue weighted by molar-refractivity contribution is -0.155. The molecule has 1 N–H and O–H groups in total. The zero-order valence-corrected chi connectivity index (χ0v) is 13.6. The molecular weight excluding hydrogens is 302 g/mol. The van der Waals surface area contributed by atoms with Crippen LogP contribution in [-0.2, 0) is 9.53 Å². The molecule has 0 bridgehead atoms. The van der Waals surface area contributed by atoms with Gasteiger partial charge in [0.15, 0.2) is 0 Å². The minimum atomic E-state index is -2.56. The Morgan fingerprint density at radius 2 is 2.13 bits per heavy atom. The Kier molecular flexibility index (Phi) is 6.19. The van der Waals surface area contributed by atoms with E-state index in [0.29, 0.717) is 44.1 Å². The maximum atomic E-state index is 12.7. The van der Waals surface area contributed by atoms with Crippen LogP contribution < -0.4 is 0 Å². The van der Waals surface area contributed by atoms with Crippen LogP contribution in [0.15, 0.2) is 24.0 Å². The van der Waals surface area contributed by atoms with E-state index in [4.69, 9.17) is 4.74 Å². The van der Waals surface area contributed by atoms with Gasteiger partial charge in [-0.15, -0.1) is 0 Å². The molecule has 2 aliphatic carbocycles. The van der Waals surface area contributed by atoms with Crippen molar-refractivity contribution in [2.45, 2.75) is 58.3 Å². The van der Waals surface area contributed by atoms with Gasteiger partial charge in [-0.1, -0.05) is 13.0 Å². The maximum Gasteiger partial charge on any atom is 0.309 e. The summed E-state index contributed by atoms with van der Waals surface area (Å²) in [6.45, 7) is 2.77. The molecule has 5 heteroatoms. The van der Waals surface area contributed by atoms with E-state index in [2.05, 4.69) is 19.1 Å². The Hall–Kier alpha value is -1.39. The van der Waals surface area contributed by atoms with Crippen molar-refractivity contribution in [2.75, 3.05) is 6.61 Å². The summed E-state index contributed by atoms with van der Waals surface area (Å²) in [6, 6.07) is 0. The Balaban J connectivity index is 1.89. The van der Waals surface area contributed by atoms with Gasteiger partial charge in [0.1, 0.15) is 5.76 Å². The highest BCUT2D eigenvalue weighted by molar-refractivity contribution is 5.74. The number of aliphatic carboxylic acids is 1. The molecule has 0 amide bonds. The Labute approximate surface area is 136 Å². The van der Waals surface area contributed by atoms with Crippen molar-refractivity contribution in [3.05, 3.63) is 24.0 Å². The van der Waals surface area contributed by atoms with Crippen molar-refractivity contribution < 1.29 is 23.4 Å². The Morgan fingerprint density at radius 1 is 1.43 bits per heavy atom. The van der Waals surface area contributed by atoms with Crippen LogP contribution in [-0.4, -0.2) is 24.1 Å². The fourth-order valence-electron chi connectivity index (χ4n) is 3.72. The topological polar surface area (TPSA) is 46.5 Å². The molecule has 2 aliphatic rings. The molecule has 23 heavy (non-hydrogen) atoms. The molecule has 0 spiro atoms. The van der Waals surface area contributed by atoms with E-state index in [1.165, 1.54) is 0 Å². The monoisotopic (exact) mass is 328 g/mol. The number of rotatable bonds is 7. The van der Waals surface area contributed by atoms with E-state index in [0.717, 1.165) is 18.6 Å². The van der Waals surface area contributed by atoms with Gasteiger partial charge in [-0.05, 0) is 62.5 Å². The summed E-state index contributed by atoms with van der Waals surface area (Å²) in [4.78, 5) is 11.5. The van der Waals surface area contributed by atoms with Gasteiger partial charge in [-0.3, -0.25) is 4.79 Å². The zero-order chi connectivity index (χ0) is 16.9. The molecule has 1 unspecified atom stereocenters. The molecule has 1 fully saturated rings. The Bertz CT molecular complexity index is 463. The van der Waals surface area contributed by atoms with E-state index >= 15 is 0 Å². The minimum Gasteiger partial charge on any atom is -0.494 e. The number of carbonyl (C=O) groups is 1.